The standard InChI is InChI=1S/C14H18N4O2/c1-10(2)18-14(20)9-17-13(19)8-16-12-5-3-11(7-15)4-6-12/h3-6,10,16H,8-9H2,1-2H3,(H,17,19)(H,18,20). The normalized spacial score (nSPS) is 9.70. The zero-order valence-corrected chi connectivity index (χ0v) is 11.6. The van der Waals surface area contributed by atoms with Gasteiger partial charge in [0.25, 0.3) is 0 Å². The van der Waals surface area contributed by atoms with Gasteiger partial charge in [-0.05, 0) is 38.1 Å². The van der Waals surface area contributed by atoms with Crippen molar-refractivity contribution in [3.8, 4) is 6.07 Å². The highest BCUT2D eigenvalue weighted by atomic mass is 16.2. The van der Waals surface area contributed by atoms with Crippen LogP contribution in [0.2, 0.25) is 0 Å². The Hall–Kier alpha value is -2.55. The predicted octanol–water partition coefficient (Wildman–Crippen LogP) is 0.611. The molecule has 0 unspecified atom stereocenters. The average molecular weight is 274 g/mol. The molecule has 0 aromatic heterocycles. The quantitative estimate of drug-likeness (QED) is 0.708. The van der Waals surface area contributed by atoms with Crippen LogP contribution in [0.1, 0.15) is 19.4 Å². The number of rotatable bonds is 6. The third-order valence-electron chi connectivity index (χ3n) is 2.36. The summed E-state index contributed by atoms with van der Waals surface area (Å²) in [5, 5.41) is 16.8. The number of amides is 2. The highest BCUT2D eigenvalue weighted by Crippen LogP contribution is 2.07. The fourth-order valence-electron chi connectivity index (χ4n) is 1.46. The number of benzene rings is 1. The number of nitrogens with one attached hydrogen (secondary N) is 3. The summed E-state index contributed by atoms with van der Waals surface area (Å²) in [4.78, 5) is 22.8. The van der Waals surface area contributed by atoms with Gasteiger partial charge in [-0.15, -0.1) is 0 Å². The first-order valence-corrected chi connectivity index (χ1v) is 6.31. The average Bonchev–Trinajstić information content (AvgIpc) is 2.42. The van der Waals surface area contributed by atoms with Gasteiger partial charge in [0.15, 0.2) is 0 Å². The molecular formula is C14H18N4O2. The Morgan fingerprint density at radius 1 is 1.15 bits per heavy atom. The second kappa shape index (κ2) is 7.79. The van der Waals surface area contributed by atoms with Crippen molar-refractivity contribution in [1.29, 1.82) is 5.26 Å². The van der Waals surface area contributed by atoms with Crippen molar-refractivity contribution in [2.75, 3.05) is 18.4 Å². The molecule has 0 aliphatic rings. The molecule has 1 aromatic carbocycles. The van der Waals surface area contributed by atoms with Gasteiger partial charge in [-0.2, -0.15) is 5.26 Å². The van der Waals surface area contributed by atoms with Crippen LogP contribution in [-0.4, -0.2) is 30.9 Å². The molecule has 3 N–H and O–H groups in total. The zero-order valence-electron chi connectivity index (χ0n) is 11.6. The third-order valence-corrected chi connectivity index (χ3v) is 2.36. The summed E-state index contributed by atoms with van der Waals surface area (Å²) in [7, 11) is 0. The molecular weight excluding hydrogens is 256 g/mol. The fraction of sp³-hybridized carbons (Fsp3) is 0.357. The van der Waals surface area contributed by atoms with Crippen LogP contribution in [0.25, 0.3) is 0 Å². The van der Waals surface area contributed by atoms with Gasteiger partial charge in [0.1, 0.15) is 0 Å². The van der Waals surface area contributed by atoms with E-state index in [0.29, 0.717) is 5.56 Å². The lowest BCUT2D eigenvalue weighted by molar-refractivity contribution is -0.125. The van der Waals surface area contributed by atoms with Crippen LogP contribution in [0.4, 0.5) is 5.69 Å². The molecule has 6 nitrogen and oxygen atoms in total. The van der Waals surface area contributed by atoms with Crippen molar-refractivity contribution in [1.82, 2.24) is 10.6 Å². The van der Waals surface area contributed by atoms with Crippen LogP contribution in [0.3, 0.4) is 0 Å². The molecule has 1 aromatic rings. The van der Waals surface area contributed by atoms with Crippen molar-refractivity contribution in [3.63, 3.8) is 0 Å². The second-order valence-corrected chi connectivity index (χ2v) is 4.54. The van der Waals surface area contributed by atoms with E-state index in [-0.39, 0.29) is 30.9 Å². The van der Waals surface area contributed by atoms with E-state index in [1.807, 2.05) is 19.9 Å². The van der Waals surface area contributed by atoms with Crippen LogP contribution in [0.5, 0.6) is 0 Å². The lowest BCUT2D eigenvalue weighted by atomic mass is 10.2. The van der Waals surface area contributed by atoms with Crippen LogP contribution < -0.4 is 16.0 Å². The molecule has 0 saturated heterocycles. The first-order valence-electron chi connectivity index (χ1n) is 6.31. The van der Waals surface area contributed by atoms with Gasteiger partial charge in [0.05, 0.1) is 24.7 Å². The minimum Gasteiger partial charge on any atom is -0.376 e. The molecule has 0 fully saturated rings. The van der Waals surface area contributed by atoms with Crippen LogP contribution in [-0.2, 0) is 9.59 Å². The van der Waals surface area contributed by atoms with Gasteiger partial charge in [-0.3, -0.25) is 9.59 Å². The van der Waals surface area contributed by atoms with Gasteiger partial charge in [-0.25, -0.2) is 0 Å². The van der Waals surface area contributed by atoms with Gasteiger partial charge in [0.2, 0.25) is 11.8 Å². The van der Waals surface area contributed by atoms with E-state index in [4.69, 9.17) is 5.26 Å². The van der Waals surface area contributed by atoms with E-state index in [2.05, 4.69) is 16.0 Å². The summed E-state index contributed by atoms with van der Waals surface area (Å²) in [5.41, 5.74) is 1.30. The summed E-state index contributed by atoms with van der Waals surface area (Å²) in [6.45, 7) is 3.74. The van der Waals surface area contributed by atoms with Crippen molar-refractivity contribution < 1.29 is 9.59 Å². The summed E-state index contributed by atoms with van der Waals surface area (Å²) >= 11 is 0. The van der Waals surface area contributed by atoms with E-state index < -0.39 is 0 Å². The Balaban J connectivity index is 2.29. The summed E-state index contributed by atoms with van der Waals surface area (Å²) < 4.78 is 0. The fourth-order valence-corrected chi connectivity index (χ4v) is 1.46. The van der Waals surface area contributed by atoms with Crippen LogP contribution in [0, 0.1) is 11.3 Å². The topological polar surface area (TPSA) is 94.0 Å². The SMILES string of the molecule is CC(C)NC(=O)CNC(=O)CNc1ccc(C#N)cc1. The summed E-state index contributed by atoms with van der Waals surface area (Å²) in [6, 6.07) is 8.83. The van der Waals surface area contributed by atoms with Crippen molar-refractivity contribution in [3.05, 3.63) is 29.8 Å². The monoisotopic (exact) mass is 274 g/mol. The van der Waals surface area contributed by atoms with Crippen molar-refractivity contribution in [2.24, 2.45) is 0 Å². The number of nitriles is 1. The second-order valence-electron chi connectivity index (χ2n) is 4.54. The molecule has 0 heterocycles. The number of hydrogen-bond acceptors (Lipinski definition) is 4. The molecule has 106 valence electrons. The predicted molar refractivity (Wildman–Crippen MR) is 75.9 cm³/mol. The molecule has 0 radical (unpaired) electrons. The van der Waals surface area contributed by atoms with E-state index in [1.165, 1.54) is 0 Å². The number of hydrogen-bond donors (Lipinski definition) is 3. The first kappa shape index (κ1) is 15.5. The first-order chi connectivity index (χ1) is 9.51. The lowest BCUT2D eigenvalue weighted by Crippen LogP contribution is -2.41. The van der Waals surface area contributed by atoms with Gasteiger partial charge >= 0.3 is 0 Å². The minimum atomic E-state index is -0.270. The number of nitrogens with zero attached hydrogens (tertiary/aromatic N) is 1. The molecule has 0 spiro atoms. The molecule has 0 bridgehead atoms. The highest BCUT2D eigenvalue weighted by molar-refractivity contribution is 5.86. The Morgan fingerprint density at radius 2 is 1.80 bits per heavy atom. The lowest BCUT2D eigenvalue weighted by Gasteiger charge is -2.10. The number of carbonyl (C=O) groups excluding carboxylic acids is 2. The molecule has 0 aliphatic heterocycles. The minimum absolute atomic E-state index is 0.0357. The Morgan fingerprint density at radius 3 is 2.35 bits per heavy atom. The largest absolute Gasteiger partial charge is 0.376 e. The third kappa shape index (κ3) is 5.87. The maximum atomic E-state index is 11.5. The number of carbonyl (C=O) groups is 2. The summed E-state index contributed by atoms with van der Waals surface area (Å²) in [6.07, 6.45) is 0. The molecule has 0 aliphatic carbocycles. The molecule has 6 heteroatoms. The number of anilines is 1. The Labute approximate surface area is 118 Å². The van der Waals surface area contributed by atoms with E-state index in [0.717, 1.165) is 5.69 Å². The van der Waals surface area contributed by atoms with Crippen molar-refractivity contribution in [2.45, 2.75) is 19.9 Å². The van der Waals surface area contributed by atoms with E-state index in [1.54, 1.807) is 24.3 Å². The summed E-state index contributed by atoms with van der Waals surface area (Å²) in [5.74, 6) is -0.486. The van der Waals surface area contributed by atoms with E-state index in [9.17, 15) is 9.59 Å². The Kier molecular flexibility index (Phi) is 6.04. The van der Waals surface area contributed by atoms with Gasteiger partial charge in [-0.1, -0.05) is 0 Å². The molecule has 2 amide bonds. The van der Waals surface area contributed by atoms with Gasteiger partial charge in [0, 0.05) is 11.7 Å². The van der Waals surface area contributed by atoms with Crippen LogP contribution >= 0.6 is 0 Å². The smallest absolute Gasteiger partial charge is 0.239 e. The van der Waals surface area contributed by atoms with Crippen LogP contribution in [0.15, 0.2) is 24.3 Å². The molecule has 0 atom stereocenters. The maximum absolute atomic E-state index is 11.5. The highest BCUT2D eigenvalue weighted by Gasteiger charge is 2.06. The zero-order chi connectivity index (χ0) is 15.0. The maximum Gasteiger partial charge on any atom is 0.239 e. The van der Waals surface area contributed by atoms with Crippen molar-refractivity contribution >= 4 is 17.5 Å². The Bertz CT molecular complexity index is 503. The molecule has 1 rings (SSSR count). The van der Waals surface area contributed by atoms with E-state index >= 15 is 0 Å². The molecule has 20 heavy (non-hydrogen) atoms. The van der Waals surface area contributed by atoms with Gasteiger partial charge < -0.3 is 16.0 Å². The molecule has 0 saturated carbocycles.